The van der Waals surface area contributed by atoms with E-state index in [0.717, 1.165) is 23.8 Å². The minimum atomic E-state index is -4.59. The Balaban J connectivity index is 1.50. The van der Waals surface area contributed by atoms with Gasteiger partial charge < -0.3 is 4.74 Å². The Morgan fingerprint density at radius 1 is 1.06 bits per heavy atom. The third-order valence-electron chi connectivity index (χ3n) is 6.24. The number of carbonyl (C=O) groups excluding carboxylic acids is 1. The molecule has 5 rings (SSSR count). The summed E-state index contributed by atoms with van der Waals surface area (Å²) in [4.78, 5) is 16.8. The number of hydrogen-bond acceptors (Lipinski definition) is 5. The number of hydrogen-bond donors (Lipinski definition) is 1. The number of anilines is 2. The highest BCUT2D eigenvalue weighted by Crippen LogP contribution is 2.45. The lowest BCUT2D eigenvalue weighted by molar-refractivity contribution is -0.137. The topological polar surface area (TPSA) is 88.6 Å². The molecular weight excluding hydrogens is 502 g/mol. The molecule has 2 aromatic carbocycles. The predicted octanol–water partition coefficient (Wildman–Crippen LogP) is 5.08. The van der Waals surface area contributed by atoms with Crippen LogP contribution in [0.2, 0.25) is 0 Å². The zero-order chi connectivity index (χ0) is 25.7. The zero-order valence-electron chi connectivity index (χ0n) is 18.5. The number of sulfonamides is 1. The molecule has 1 N–H and O–H groups in total. The number of alkyl halides is 3. The third-order valence-corrected chi connectivity index (χ3v) is 7.59. The van der Waals surface area contributed by atoms with E-state index < -0.39 is 33.8 Å². The highest BCUT2D eigenvalue weighted by atomic mass is 32.2. The second kappa shape index (κ2) is 8.77. The molecule has 0 radical (unpaired) electrons. The zero-order valence-corrected chi connectivity index (χ0v) is 19.4. The lowest BCUT2D eigenvalue weighted by atomic mass is 9.90. The van der Waals surface area contributed by atoms with Crippen molar-refractivity contribution >= 4 is 27.6 Å². The summed E-state index contributed by atoms with van der Waals surface area (Å²) in [6, 6.07) is 11.5. The smallest absolute Gasteiger partial charge is 0.416 e. The van der Waals surface area contributed by atoms with Crippen LogP contribution >= 0.6 is 0 Å². The number of rotatable bonds is 5. The second-order valence-electron chi connectivity index (χ2n) is 8.44. The first-order valence-electron chi connectivity index (χ1n) is 11.0. The molecule has 2 aliphatic rings. The van der Waals surface area contributed by atoms with Gasteiger partial charge >= 0.3 is 12.3 Å². The number of aromatic nitrogens is 1. The van der Waals surface area contributed by atoms with E-state index in [1.54, 1.807) is 6.07 Å². The van der Waals surface area contributed by atoms with Crippen LogP contribution in [0.4, 0.5) is 33.9 Å². The summed E-state index contributed by atoms with van der Waals surface area (Å²) in [6.45, 7) is 0.202. The maximum absolute atomic E-state index is 13.4. The number of nitrogens with one attached hydrogen (secondary N) is 1. The number of fused-ring (bicyclic) bond motifs is 1. The molecule has 0 saturated carbocycles. The van der Waals surface area contributed by atoms with E-state index in [4.69, 9.17) is 4.74 Å². The van der Waals surface area contributed by atoms with Gasteiger partial charge in [-0.3, -0.25) is 9.62 Å². The number of halogens is 4. The van der Waals surface area contributed by atoms with Crippen molar-refractivity contribution in [1.82, 2.24) is 4.98 Å². The molecular formula is C24H19F4N3O4S. The Labute approximate surface area is 203 Å². The van der Waals surface area contributed by atoms with Gasteiger partial charge in [0.25, 0.3) is 10.0 Å². The van der Waals surface area contributed by atoms with E-state index in [-0.39, 0.29) is 35.5 Å². The van der Waals surface area contributed by atoms with Crippen LogP contribution < -0.4 is 9.62 Å². The summed E-state index contributed by atoms with van der Waals surface area (Å²) in [6.07, 6.45) is -4.31. The van der Waals surface area contributed by atoms with Crippen LogP contribution in [0.5, 0.6) is 0 Å². The van der Waals surface area contributed by atoms with Crippen molar-refractivity contribution in [3.8, 4) is 0 Å². The molecule has 36 heavy (non-hydrogen) atoms. The first-order chi connectivity index (χ1) is 17.0. The molecule has 2 heterocycles. The van der Waals surface area contributed by atoms with Gasteiger partial charge in [-0.2, -0.15) is 17.6 Å². The Hall–Kier alpha value is -3.67. The highest BCUT2D eigenvalue weighted by Gasteiger charge is 2.36. The van der Waals surface area contributed by atoms with Crippen molar-refractivity contribution in [3.63, 3.8) is 0 Å². The van der Waals surface area contributed by atoms with Crippen LogP contribution in [0.15, 0.2) is 59.5 Å². The predicted molar refractivity (Wildman–Crippen MR) is 122 cm³/mol. The molecule has 0 bridgehead atoms. The van der Waals surface area contributed by atoms with E-state index in [1.165, 1.54) is 35.2 Å². The molecule has 1 aromatic heterocycles. The molecule has 12 heteroatoms. The van der Waals surface area contributed by atoms with Gasteiger partial charge in [-0.15, -0.1) is 0 Å². The van der Waals surface area contributed by atoms with Gasteiger partial charge in [0.1, 0.15) is 12.4 Å². The Morgan fingerprint density at radius 2 is 1.83 bits per heavy atom. The van der Waals surface area contributed by atoms with E-state index in [0.29, 0.717) is 24.0 Å². The molecule has 1 atom stereocenters. The molecule has 0 unspecified atom stereocenters. The standard InChI is InChI=1S/C24H19F4N3O4S/c25-21-2-1-3-22(29-21)30-36(33,34)16-6-9-17-14(12-16)4-7-18(17)19-8-5-15(24(26,27)28)13-20(19)31-10-11-35-23(31)32/h1-3,5-6,8-9,12-13,18H,4,7,10-11H2,(H,29,30)/t18-/m0/s1. The largest absolute Gasteiger partial charge is 0.447 e. The fourth-order valence-corrected chi connectivity index (χ4v) is 5.66. The van der Waals surface area contributed by atoms with Gasteiger partial charge in [0.15, 0.2) is 0 Å². The molecule has 1 aliphatic heterocycles. The number of carbonyl (C=O) groups is 1. The lowest BCUT2D eigenvalue weighted by Crippen LogP contribution is -2.26. The van der Waals surface area contributed by atoms with Gasteiger partial charge in [-0.1, -0.05) is 18.2 Å². The lowest BCUT2D eigenvalue weighted by Gasteiger charge is -2.23. The summed E-state index contributed by atoms with van der Waals surface area (Å²) in [5, 5.41) is 0. The van der Waals surface area contributed by atoms with Gasteiger partial charge in [0, 0.05) is 5.92 Å². The van der Waals surface area contributed by atoms with Crippen LogP contribution in [0.3, 0.4) is 0 Å². The van der Waals surface area contributed by atoms with Crippen LogP contribution in [0.1, 0.15) is 34.6 Å². The van der Waals surface area contributed by atoms with Crippen molar-refractivity contribution in [2.24, 2.45) is 0 Å². The molecule has 188 valence electrons. The number of benzene rings is 2. The first kappa shape index (κ1) is 24.0. The minimum Gasteiger partial charge on any atom is -0.447 e. The van der Waals surface area contributed by atoms with Gasteiger partial charge in [0.05, 0.1) is 22.7 Å². The monoisotopic (exact) mass is 521 g/mol. The Kier molecular flexibility index (Phi) is 5.86. The van der Waals surface area contributed by atoms with Gasteiger partial charge in [-0.25, -0.2) is 18.2 Å². The molecule has 3 aromatic rings. The number of pyridine rings is 1. The molecule has 1 fully saturated rings. The maximum atomic E-state index is 13.4. The summed E-state index contributed by atoms with van der Waals surface area (Å²) >= 11 is 0. The summed E-state index contributed by atoms with van der Waals surface area (Å²) in [5.74, 6) is -1.35. The summed E-state index contributed by atoms with van der Waals surface area (Å²) in [5.41, 5.74) is 1.24. The van der Waals surface area contributed by atoms with Crippen molar-refractivity contribution in [1.29, 1.82) is 0 Å². The Bertz CT molecular complexity index is 1460. The van der Waals surface area contributed by atoms with E-state index in [1.807, 2.05) is 0 Å². The third kappa shape index (κ3) is 4.48. The van der Waals surface area contributed by atoms with E-state index >= 15 is 0 Å². The quantitative estimate of drug-likeness (QED) is 0.374. The Morgan fingerprint density at radius 3 is 2.53 bits per heavy atom. The summed E-state index contributed by atoms with van der Waals surface area (Å²) in [7, 11) is -4.06. The van der Waals surface area contributed by atoms with Crippen LogP contribution in [0.25, 0.3) is 0 Å². The van der Waals surface area contributed by atoms with Crippen LogP contribution in [-0.2, 0) is 27.4 Å². The van der Waals surface area contributed by atoms with Crippen molar-refractivity contribution in [2.75, 3.05) is 22.8 Å². The van der Waals surface area contributed by atoms with Crippen LogP contribution in [-0.4, -0.2) is 32.6 Å². The van der Waals surface area contributed by atoms with Crippen molar-refractivity contribution in [3.05, 3.63) is 82.8 Å². The molecule has 1 saturated heterocycles. The molecule has 1 aliphatic carbocycles. The molecule has 0 spiro atoms. The molecule has 1 amide bonds. The van der Waals surface area contributed by atoms with Crippen molar-refractivity contribution < 1.29 is 35.5 Å². The van der Waals surface area contributed by atoms with E-state index in [9.17, 15) is 30.8 Å². The van der Waals surface area contributed by atoms with Gasteiger partial charge in [0.2, 0.25) is 5.95 Å². The normalized spacial score (nSPS) is 17.7. The van der Waals surface area contributed by atoms with E-state index in [2.05, 4.69) is 9.71 Å². The number of amides is 1. The fourth-order valence-electron chi connectivity index (χ4n) is 4.61. The SMILES string of the molecule is O=C1OCCN1c1cc(C(F)(F)F)ccc1[C@H]1CCc2cc(S(=O)(=O)Nc3cccc(F)n3)ccc21. The van der Waals surface area contributed by atoms with Crippen molar-refractivity contribution in [2.45, 2.75) is 29.8 Å². The maximum Gasteiger partial charge on any atom is 0.416 e. The minimum absolute atomic E-state index is 0.0521. The first-order valence-corrected chi connectivity index (χ1v) is 12.4. The number of ether oxygens (including phenoxy) is 1. The number of cyclic esters (lactones) is 1. The second-order valence-corrected chi connectivity index (χ2v) is 10.1. The average Bonchev–Trinajstić information content (AvgIpc) is 3.43. The summed E-state index contributed by atoms with van der Waals surface area (Å²) < 4.78 is 86.4. The van der Waals surface area contributed by atoms with Crippen LogP contribution in [0, 0.1) is 5.95 Å². The highest BCUT2D eigenvalue weighted by molar-refractivity contribution is 7.92. The fraction of sp³-hybridized carbons (Fsp3) is 0.250. The molecule has 7 nitrogen and oxygen atoms in total. The number of aryl methyl sites for hydroxylation is 1. The average molecular weight is 521 g/mol. The number of nitrogens with zero attached hydrogens (tertiary/aromatic N) is 2. The van der Waals surface area contributed by atoms with Gasteiger partial charge in [-0.05, 0) is 65.9 Å².